The van der Waals surface area contributed by atoms with E-state index in [1.165, 1.54) is 6.42 Å². The Balaban J connectivity index is 1.90. The molecule has 2 saturated heterocycles. The van der Waals surface area contributed by atoms with Crippen LogP contribution < -0.4 is 5.84 Å². The fourth-order valence-electron chi connectivity index (χ4n) is 2.41. The maximum atomic E-state index is 11.7. The number of carbonyl (C=O) groups excluding carboxylic acids is 1. The van der Waals surface area contributed by atoms with Gasteiger partial charge >= 0.3 is 0 Å². The van der Waals surface area contributed by atoms with Crippen LogP contribution in [-0.2, 0) is 4.79 Å². The summed E-state index contributed by atoms with van der Waals surface area (Å²) in [4.78, 5) is 13.7. The highest BCUT2D eigenvalue weighted by atomic mass is 16.2. The maximum absolute atomic E-state index is 11.7. The molecule has 2 fully saturated rings. The van der Waals surface area contributed by atoms with Gasteiger partial charge in [0.1, 0.15) is 0 Å². The zero-order valence-electron chi connectivity index (χ0n) is 8.61. The van der Waals surface area contributed by atoms with Crippen molar-refractivity contribution in [3.63, 3.8) is 0 Å². The molecule has 0 bridgehead atoms. The first kappa shape index (κ1) is 9.93. The Morgan fingerprint density at radius 3 is 2.50 bits per heavy atom. The van der Waals surface area contributed by atoms with Gasteiger partial charge in [0.2, 0.25) is 5.91 Å². The van der Waals surface area contributed by atoms with Crippen molar-refractivity contribution in [2.24, 2.45) is 5.84 Å². The quantitative estimate of drug-likeness (QED) is 0.617. The van der Waals surface area contributed by atoms with Crippen molar-refractivity contribution in [2.75, 3.05) is 19.6 Å². The molecule has 2 N–H and O–H groups in total. The highest BCUT2D eigenvalue weighted by Crippen LogP contribution is 2.20. The lowest BCUT2D eigenvalue weighted by Crippen LogP contribution is -2.50. The summed E-state index contributed by atoms with van der Waals surface area (Å²) < 4.78 is 0. The van der Waals surface area contributed by atoms with E-state index in [-0.39, 0.29) is 0 Å². The van der Waals surface area contributed by atoms with Crippen LogP contribution in [0.15, 0.2) is 0 Å². The van der Waals surface area contributed by atoms with Crippen LogP contribution in [0.25, 0.3) is 0 Å². The third-order valence-corrected chi connectivity index (χ3v) is 3.30. The minimum absolute atomic E-state index is 0.353. The van der Waals surface area contributed by atoms with Gasteiger partial charge in [-0.15, -0.1) is 0 Å². The second-order valence-corrected chi connectivity index (χ2v) is 4.31. The molecular weight excluding hydrogens is 178 g/mol. The van der Waals surface area contributed by atoms with Crippen molar-refractivity contribution in [3.05, 3.63) is 0 Å². The highest BCUT2D eigenvalue weighted by molar-refractivity contribution is 5.77. The molecule has 2 heterocycles. The Morgan fingerprint density at radius 1 is 1.14 bits per heavy atom. The van der Waals surface area contributed by atoms with Gasteiger partial charge in [0.25, 0.3) is 0 Å². The number of hydrogen-bond acceptors (Lipinski definition) is 3. The summed E-state index contributed by atoms with van der Waals surface area (Å²) in [7, 11) is 0. The molecule has 0 aromatic heterocycles. The lowest BCUT2D eigenvalue weighted by molar-refractivity contribution is -0.136. The Labute approximate surface area is 85.0 Å². The van der Waals surface area contributed by atoms with Gasteiger partial charge in [0.15, 0.2) is 0 Å². The molecule has 80 valence electrons. The molecule has 0 spiro atoms. The van der Waals surface area contributed by atoms with E-state index in [0.29, 0.717) is 11.9 Å². The minimum atomic E-state index is 0.353. The van der Waals surface area contributed by atoms with Crippen molar-refractivity contribution in [1.82, 2.24) is 9.91 Å². The van der Waals surface area contributed by atoms with Crippen LogP contribution in [0.5, 0.6) is 0 Å². The number of amides is 1. The average molecular weight is 197 g/mol. The SMILES string of the molecule is NN1CCC(N2CCCCC2=O)CC1. The topological polar surface area (TPSA) is 49.6 Å². The Morgan fingerprint density at radius 2 is 1.86 bits per heavy atom. The normalized spacial score (nSPS) is 26.9. The van der Waals surface area contributed by atoms with E-state index in [1.807, 2.05) is 5.01 Å². The van der Waals surface area contributed by atoms with E-state index in [1.54, 1.807) is 0 Å². The van der Waals surface area contributed by atoms with Gasteiger partial charge in [0.05, 0.1) is 0 Å². The molecule has 2 aliphatic heterocycles. The maximum Gasteiger partial charge on any atom is 0.222 e. The number of rotatable bonds is 1. The Kier molecular flexibility index (Phi) is 3.03. The lowest BCUT2D eigenvalue weighted by Gasteiger charge is -2.39. The number of hydrazine groups is 1. The molecule has 0 aliphatic carbocycles. The average Bonchev–Trinajstić information content (AvgIpc) is 2.20. The van der Waals surface area contributed by atoms with Gasteiger partial charge in [-0.25, -0.2) is 5.01 Å². The highest BCUT2D eigenvalue weighted by Gasteiger charge is 2.28. The van der Waals surface area contributed by atoms with Gasteiger partial charge in [-0.1, -0.05) is 0 Å². The first-order valence-electron chi connectivity index (χ1n) is 5.56. The number of nitrogens with zero attached hydrogens (tertiary/aromatic N) is 2. The van der Waals surface area contributed by atoms with Gasteiger partial charge < -0.3 is 4.90 Å². The lowest BCUT2D eigenvalue weighted by atomic mass is 10.0. The first-order valence-corrected chi connectivity index (χ1v) is 5.56. The van der Waals surface area contributed by atoms with Crippen molar-refractivity contribution >= 4 is 5.91 Å². The summed E-state index contributed by atoms with van der Waals surface area (Å²) in [5, 5.41) is 1.85. The second-order valence-electron chi connectivity index (χ2n) is 4.31. The van der Waals surface area contributed by atoms with Crippen LogP contribution in [0.1, 0.15) is 32.1 Å². The smallest absolute Gasteiger partial charge is 0.222 e. The zero-order chi connectivity index (χ0) is 9.97. The zero-order valence-corrected chi connectivity index (χ0v) is 8.61. The molecule has 0 unspecified atom stereocenters. The number of carbonyl (C=O) groups is 1. The van der Waals surface area contributed by atoms with Crippen LogP contribution in [0, 0.1) is 0 Å². The van der Waals surface area contributed by atoms with E-state index >= 15 is 0 Å². The van der Waals surface area contributed by atoms with E-state index < -0.39 is 0 Å². The predicted octanol–water partition coefficient (Wildman–Crippen LogP) is 0.337. The second kappa shape index (κ2) is 4.28. The summed E-state index contributed by atoms with van der Waals surface area (Å²) >= 11 is 0. The van der Waals surface area contributed by atoms with E-state index in [2.05, 4.69) is 4.90 Å². The summed E-state index contributed by atoms with van der Waals surface area (Å²) in [5.41, 5.74) is 0. The van der Waals surface area contributed by atoms with Gasteiger partial charge in [-0.2, -0.15) is 0 Å². The minimum Gasteiger partial charge on any atom is -0.340 e. The molecule has 0 atom stereocenters. The Bertz CT molecular complexity index is 211. The Hall–Kier alpha value is -0.610. The molecule has 0 radical (unpaired) electrons. The number of nitrogens with two attached hydrogens (primary N) is 1. The summed E-state index contributed by atoms with van der Waals surface area (Å²) in [6.07, 6.45) is 5.09. The van der Waals surface area contributed by atoms with E-state index in [0.717, 1.165) is 45.3 Å². The van der Waals surface area contributed by atoms with Crippen LogP contribution in [0.4, 0.5) is 0 Å². The number of likely N-dealkylation sites (tertiary alicyclic amines) is 1. The largest absolute Gasteiger partial charge is 0.340 e. The van der Waals surface area contributed by atoms with Crippen LogP contribution in [-0.4, -0.2) is 41.5 Å². The van der Waals surface area contributed by atoms with Crippen molar-refractivity contribution in [2.45, 2.75) is 38.1 Å². The first-order chi connectivity index (χ1) is 6.77. The molecule has 1 amide bonds. The molecular formula is C10H19N3O. The molecule has 0 saturated carbocycles. The third-order valence-electron chi connectivity index (χ3n) is 3.30. The van der Waals surface area contributed by atoms with Crippen molar-refractivity contribution < 1.29 is 4.79 Å². The van der Waals surface area contributed by atoms with Gasteiger partial charge in [0, 0.05) is 32.1 Å². The number of piperidine rings is 2. The fourth-order valence-corrected chi connectivity index (χ4v) is 2.41. The number of hydrogen-bond donors (Lipinski definition) is 1. The molecule has 2 rings (SSSR count). The van der Waals surface area contributed by atoms with Crippen molar-refractivity contribution in [3.8, 4) is 0 Å². The summed E-state index contributed by atoms with van der Waals surface area (Å²) in [6, 6.07) is 0.461. The summed E-state index contributed by atoms with van der Waals surface area (Å²) in [5.74, 6) is 6.04. The van der Waals surface area contributed by atoms with Crippen LogP contribution in [0.2, 0.25) is 0 Å². The van der Waals surface area contributed by atoms with Gasteiger partial charge in [-0.3, -0.25) is 10.6 Å². The fraction of sp³-hybridized carbons (Fsp3) is 0.900. The third kappa shape index (κ3) is 2.07. The monoisotopic (exact) mass is 197 g/mol. The molecule has 4 heteroatoms. The van der Waals surface area contributed by atoms with E-state index in [9.17, 15) is 4.79 Å². The van der Waals surface area contributed by atoms with Crippen LogP contribution >= 0.6 is 0 Å². The van der Waals surface area contributed by atoms with Gasteiger partial charge in [-0.05, 0) is 25.7 Å². The molecule has 0 aromatic rings. The van der Waals surface area contributed by atoms with Crippen LogP contribution in [0.3, 0.4) is 0 Å². The van der Waals surface area contributed by atoms with Crippen molar-refractivity contribution in [1.29, 1.82) is 0 Å². The standard InChI is InChI=1S/C10H19N3O/c11-12-7-4-9(5-8-12)13-6-2-1-3-10(13)14/h9H,1-8,11H2. The molecule has 14 heavy (non-hydrogen) atoms. The van der Waals surface area contributed by atoms with E-state index in [4.69, 9.17) is 5.84 Å². The predicted molar refractivity (Wildman–Crippen MR) is 54.3 cm³/mol. The molecule has 0 aromatic carbocycles. The molecule has 2 aliphatic rings. The molecule has 4 nitrogen and oxygen atoms in total. The summed E-state index contributed by atoms with van der Waals surface area (Å²) in [6.45, 7) is 2.82.